The van der Waals surface area contributed by atoms with Crippen molar-refractivity contribution in [3.8, 4) is 0 Å². The number of piperidine rings is 1. The van der Waals surface area contributed by atoms with Crippen LogP contribution in [-0.4, -0.2) is 72.5 Å². The monoisotopic (exact) mass is 315 g/mol. The van der Waals surface area contributed by atoms with Gasteiger partial charge in [0.15, 0.2) is 0 Å². The zero-order valence-corrected chi connectivity index (χ0v) is 14.7. The number of likely N-dealkylation sites (N-methyl/N-ethyl adjacent to an activating group) is 1. The van der Waals surface area contributed by atoms with Gasteiger partial charge in [-0.25, -0.2) is 0 Å². The van der Waals surface area contributed by atoms with E-state index in [1.807, 2.05) is 36.1 Å². The predicted octanol–water partition coefficient (Wildman–Crippen LogP) is 2.24. The highest BCUT2D eigenvalue weighted by molar-refractivity contribution is 5.95. The van der Waals surface area contributed by atoms with E-state index in [1.165, 1.54) is 25.9 Å². The fraction of sp³-hybridized carbons (Fsp3) is 0.632. The summed E-state index contributed by atoms with van der Waals surface area (Å²) >= 11 is 0. The van der Waals surface area contributed by atoms with Crippen LogP contribution in [0.5, 0.6) is 0 Å². The molecule has 4 nitrogen and oxygen atoms in total. The Morgan fingerprint density at radius 1 is 1.22 bits per heavy atom. The molecule has 2 fully saturated rings. The summed E-state index contributed by atoms with van der Waals surface area (Å²) in [6, 6.07) is 9.16. The first-order chi connectivity index (χ1) is 11.1. The number of carbonyl (C=O) groups is 1. The number of benzene rings is 1. The lowest BCUT2D eigenvalue weighted by Crippen LogP contribution is -2.63. The molecule has 0 aliphatic carbocycles. The molecular weight excluding hydrogens is 286 g/mol. The maximum absolute atomic E-state index is 12.6. The second kappa shape index (κ2) is 7.02. The van der Waals surface area contributed by atoms with Crippen LogP contribution in [0.25, 0.3) is 0 Å². The van der Waals surface area contributed by atoms with Gasteiger partial charge < -0.3 is 9.80 Å². The Hall–Kier alpha value is -1.39. The molecule has 1 aromatic carbocycles. The molecule has 0 aromatic heterocycles. The molecule has 126 valence electrons. The Morgan fingerprint density at radius 3 is 2.52 bits per heavy atom. The van der Waals surface area contributed by atoms with Crippen molar-refractivity contribution < 1.29 is 4.79 Å². The number of aryl methyl sites for hydroxylation is 1. The van der Waals surface area contributed by atoms with Gasteiger partial charge in [0.05, 0.1) is 0 Å². The van der Waals surface area contributed by atoms with E-state index in [-0.39, 0.29) is 5.91 Å². The molecule has 2 aliphatic rings. The topological polar surface area (TPSA) is 26.8 Å². The van der Waals surface area contributed by atoms with Crippen molar-refractivity contribution in [3.05, 3.63) is 35.4 Å². The van der Waals surface area contributed by atoms with Gasteiger partial charge in [0.2, 0.25) is 0 Å². The van der Waals surface area contributed by atoms with Crippen LogP contribution in [0.3, 0.4) is 0 Å². The molecule has 3 rings (SSSR count). The highest BCUT2D eigenvalue weighted by Crippen LogP contribution is 2.24. The molecule has 2 saturated heterocycles. The molecule has 2 heterocycles. The van der Waals surface area contributed by atoms with Crippen molar-refractivity contribution >= 4 is 5.91 Å². The van der Waals surface area contributed by atoms with Gasteiger partial charge in [-0.05, 0) is 58.6 Å². The molecule has 0 atom stereocenters. The third-order valence-electron chi connectivity index (χ3n) is 5.41. The normalized spacial score (nSPS) is 20.8. The van der Waals surface area contributed by atoms with Crippen molar-refractivity contribution in [3.63, 3.8) is 0 Å². The smallest absolute Gasteiger partial charge is 0.253 e. The zero-order valence-electron chi connectivity index (χ0n) is 14.7. The summed E-state index contributed by atoms with van der Waals surface area (Å²) in [4.78, 5) is 19.6. The van der Waals surface area contributed by atoms with Gasteiger partial charge in [-0.3, -0.25) is 9.69 Å². The van der Waals surface area contributed by atoms with Gasteiger partial charge >= 0.3 is 0 Å². The molecule has 2 aliphatic heterocycles. The second-order valence-corrected chi connectivity index (χ2v) is 7.10. The molecular formula is C19H29N3O. The Balaban J connectivity index is 1.56. The molecule has 4 heteroatoms. The SMILES string of the molecule is CCN(C1CCN(C)CC1)C1CN(C(=O)c2cccc(C)c2)C1. The van der Waals surface area contributed by atoms with E-state index in [9.17, 15) is 4.79 Å². The van der Waals surface area contributed by atoms with E-state index in [4.69, 9.17) is 0 Å². The van der Waals surface area contributed by atoms with Crippen LogP contribution in [0.1, 0.15) is 35.7 Å². The summed E-state index contributed by atoms with van der Waals surface area (Å²) in [5, 5.41) is 0. The highest BCUT2D eigenvalue weighted by Gasteiger charge is 2.37. The third-order valence-corrected chi connectivity index (χ3v) is 5.41. The molecule has 0 bridgehead atoms. The fourth-order valence-electron chi connectivity index (χ4n) is 3.93. The number of likely N-dealkylation sites (tertiary alicyclic amines) is 2. The van der Waals surface area contributed by atoms with Crippen LogP contribution < -0.4 is 0 Å². The summed E-state index contributed by atoms with van der Waals surface area (Å²) in [5.74, 6) is 0.185. The maximum Gasteiger partial charge on any atom is 0.253 e. The zero-order chi connectivity index (χ0) is 16.4. The summed E-state index contributed by atoms with van der Waals surface area (Å²) in [5.41, 5.74) is 1.97. The molecule has 0 radical (unpaired) electrons. The molecule has 0 unspecified atom stereocenters. The Labute approximate surface area is 140 Å². The van der Waals surface area contributed by atoms with Crippen LogP contribution in [-0.2, 0) is 0 Å². The number of nitrogens with zero attached hydrogens (tertiary/aromatic N) is 3. The van der Waals surface area contributed by atoms with Gasteiger partial charge in [-0.2, -0.15) is 0 Å². The van der Waals surface area contributed by atoms with E-state index in [0.717, 1.165) is 30.8 Å². The van der Waals surface area contributed by atoms with Crippen molar-refractivity contribution in [1.82, 2.24) is 14.7 Å². The van der Waals surface area contributed by atoms with Gasteiger partial charge in [0, 0.05) is 30.7 Å². The summed E-state index contributed by atoms with van der Waals surface area (Å²) in [6.07, 6.45) is 2.51. The molecule has 0 N–H and O–H groups in total. The first kappa shape index (κ1) is 16.5. The van der Waals surface area contributed by atoms with E-state index < -0.39 is 0 Å². The minimum Gasteiger partial charge on any atom is -0.335 e. The summed E-state index contributed by atoms with van der Waals surface area (Å²) < 4.78 is 0. The lowest BCUT2D eigenvalue weighted by atomic mass is 9.97. The van der Waals surface area contributed by atoms with Crippen LogP contribution in [0.2, 0.25) is 0 Å². The first-order valence-corrected chi connectivity index (χ1v) is 8.88. The number of amides is 1. The average molecular weight is 315 g/mol. The van der Waals surface area contributed by atoms with Crippen LogP contribution in [0, 0.1) is 6.92 Å². The molecule has 0 saturated carbocycles. The molecule has 1 amide bonds. The van der Waals surface area contributed by atoms with Crippen LogP contribution in [0.15, 0.2) is 24.3 Å². The second-order valence-electron chi connectivity index (χ2n) is 7.10. The Morgan fingerprint density at radius 2 is 1.91 bits per heavy atom. The molecule has 23 heavy (non-hydrogen) atoms. The van der Waals surface area contributed by atoms with Crippen LogP contribution in [0.4, 0.5) is 0 Å². The lowest BCUT2D eigenvalue weighted by Gasteiger charge is -2.49. The standard InChI is InChI=1S/C19H29N3O/c1-4-22(17-8-10-20(3)11-9-17)18-13-21(14-18)19(23)16-7-5-6-15(2)12-16/h5-7,12,17-18H,4,8-11,13-14H2,1-3H3. The van der Waals surface area contributed by atoms with Crippen molar-refractivity contribution in [2.24, 2.45) is 0 Å². The largest absolute Gasteiger partial charge is 0.335 e. The van der Waals surface area contributed by atoms with Gasteiger partial charge in [-0.1, -0.05) is 24.6 Å². The van der Waals surface area contributed by atoms with Gasteiger partial charge in [-0.15, -0.1) is 0 Å². The van der Waals surface area contributed by atoms with Crippen molar-refractivity contribution in [1.29, 1.82) is 0 Å². The highest BCUT2D eigenvalue weighted by atomic mass is 16.2. The number of carbonyl (C=O) groups excluding carboxylic acids is 1. The molecule has 0 spiro atoms. The van der Waals surface area contributed by atoms with Crippen LogP contribution >= 0.6 is 0 Å². The Bertz CT molecular complexity index is 545. The lowest BCUT2D eigenvalue weighted by molar-refractivity contribution is 0.00000908. The quantitative estimate of drug-likeness (QED) is 0.852. The summed E-state index contributed by atoms with van der Waals surface area (Å²) in [6.45, 7) is 9.53. The van der Waals surface area contributed by atoms with Gasteiger partial charge in [0.1, 0.15) is 0 Å². The maximum atomic E-state index is 12.6. The number of hydrogen-bond acceptors (Lipinski definition) is 3. The molecule has 1 aromatic rings. The number of hydrogen-bond donors (Lipinski definition) is 0. The Kier molecular flexibility index (Phi) is 5.02. The van der Waals surface area contributed by atoms with Gasteiger partial charge in [0.25, 0.3) is 5.91 Å². The number of rotatable bonds is 4. The van der Waals surface area contributed by atoms with Crippen molar-refractivity contribution in [2.45, 2.75) is 38.8 Å². The average Bonchev–Trinajstić information content (AvgIpc) is 2.51. The minimum atomic E-state index is 0.185. The summed E-state index contributed by atoms with van der Waals surface area (Å²) in [7, 11) is 2.21. The van der Waals surface area contributed by atoms with E-state index >= 15 is 0 Å². The first-order valence-electron chi connectivity index (χ1n) is 8.88. The van der Waals surface area contributed by atoms with E-state index in [1.54, 1.807) is 0 Å². The minimum absolute atomic E-state index is 0.185. The van der Waals surface area contributed by atoms with Crippen molar-refractivity contribution in [2.75, 3.05) is 39.8 Å². The predicted molar refractivity (Wildman–Crippen MR) is 93.8 cm³/mol. The third kappa shape index (κ3) is 3.59. The van der Waals surface area contributed by atoms with E-state index in [0.29, 0.717) is 12.1 Å². The van der Waals surface area contributed by atoms with E-state index in [2.05, 4.69) is 23.8 Å². The fourth-order valence-corrected chi connectivity index (χ4v) is 3.93.